The summed E-state index contributed by atoms with van der Waals surface area (Å²) in [7, 11) is 0. The van der Waals surface area contributed by atoms with Crippen molar-refractivity contribution in [2.24, 2.45) is 0 Å². The molecule has 3 aliphatic rings. The molecule has 33 heavy (non-hydrogen) atoms. The van der Waals surface area contributed by atoms with Crippen LogP contribution >= 0.6 is 12.2 Å². The molecule has 0 aromatic heterocycles. The van der Waals surface area contributed by atoms with Crippen molar-refractivity contribution in [3.8, 4) is 11.8 Å². The molecule has 2 aromatic carbocycles. The van der Waals surface area contributed by atoms with Crippen molar-refractivity contribution in [3.05, 3.63) is 53.1 Å². The lowest BCUT2D eigenvalue weighted by Crippen LogP contribution is -2.55. The molecule has 1 amide bonds. The second-order valence-corrected chi connectivity index (χ2v) is 8.77. The summed E-state index contributed by atoms with van der Waals surface area (Å²) >= 11 is 5.64. The van der Waals surface area contributed by atoms with E-state index in [1.54, 1.807) is 23.1 Å². The second kappa shape index (κ2) is 7.43. The molecule has 1 aliphatic carbocycles. The SMILES string of the molecule is N#Cc1ccc(N2C(=O)C3(CCC3)N(c3ccc4c(c3)CC(CO)O4)C2=S)cc1C(F)(F)F. The number of amides is 1. The van der Waals surface area contributed by atoms with Gasteiger partial charge < -0.3 is 14.7 Å². The third kappa shape index (κ3) is 3.18. The number of thiocarbonyl (C=S) groups is 1. The van der Waals surface area contributed by atoms with Gasteiger partial charge in [0.25, 0.3) is 5.91 Å². The summed E-state index contributed by atoms with van der Waals surface area (Å²) in [6.07, 6.45) is -2.73. The van der Waals surface area contributed by atoms with Gasteiger partial charge in [0.05, 0.1) is 29.5 Å². The van der Waals surface area contributed by atoms with E-state index in [0.29, 0.717) is 30.7 Å². The van der Waals surface area contributed by atoms with Crippen LogP contribution < -0.4 is 14.5 Å². The minimum absolute atomic E-state index is 0.0186. The predicted molar refractivity (Wildman–Crippen MR) is 117 cm³/mol. The van der Waals surface area contributed by atoms with E-state index in [2.05, 4.69) is 0 Å². The van der Waals surface area contributed by atoms with Gasteiger partial charge in [0.1, 0.15) is 17.4 Å². The van der Waals surface area contributed by atoms with Crippen LogP contribution in [0.4, 0.5) is 24.5 Å². The normalized spacial score (nSPS) is 21.1. The van der Waals surface area contributed by atoms with E-state index in [1.165, 1.54) is 6.07 Å². The zero-order valence-electron chi connectivity index (χ0n) is 17.2. The first-order valence-electron chi connectivity index (χ1n) is 10.4. The summed E-state index contributed by atoms with van der Waals surface area (Å²) in [6.45, 7) is -0.122. The van der Waals surface area contributed by atoms with Gasteiger partial charge in [-0.3, -0.25) is 9.69 Å². The fourth-order valence-corrected chi connectivity index (χ4v) is 5.23. The lowest BCUT2D eigenvalue weighted by molar-refractivity contribution is -0.137. The zero-order chi connectivity index (χ0) is 23.5. The summed E-state index contributed by atoms with van der Waals surface area (Å²) in [5, 5.41) is 18.6. The number of rotatable bonds is 3. The van der Waals surface area contributed by atoms with E-state index >= 15 is 0 Å². The molecule has 0 radical (unpaired) electrons. The third-order valence-corrected chi connectivity index (χ3v) is 6.89. The molecule has 2 fully saturated rings. The van der Waals surface area contributed by atoms with Crippen LogP contribution in [-0.2, 0) is 17.4 Å². The number of aliphatic hydroxyl groups excluding tert-OH is 1. The van der Waals surface area contributed by atoms with Gasteiger partial charge in [-0.2, -0.15) is 18.4 Å². The van der Waals surface area contributed by atoms with Gasteiger partial charge in [-0.05, 0) is 73.4 Å². The number of fused-ring (bicyclic) bond motifs is 1. The Bertz CT molecular complexity index is 1220. The lowest BCUT2D eigenvalue weighted by Gasteiger charge is -2.43. The number of carbonyl (C=O) groups excluding carboxylic acids is 1. The zero-order valence-corrected chi connectivity index (χ0v) is 18.0. The first kappa shape index (κ1) is 21.7. The molecular formula is C23H18F3N3O3S. The van der Waals surface area contributed by atoms with E-state index < -0.39 is 22.8 Å². The number of alkyl halides is 3. The number of anilines is 2. The van der Waals surface area contributed by atoms with Gasteiger partial charge in [-0.1, -0.05) is 0 Å². The topological polar surface area (TPSA) is 76.8 Å². The summed E-state index contributed by atoms with van der Waals surface area (Å²) in [5.74, 6) is 0.275. The Morgan fingerprint density at radius 1 is 1.21 bits per heavy atom. The van der Waals surface area contributed by atoms with Crippen LogP contribution in [0.2, 0.25) is 0 Å². The lowest BCUT2D eigenvalue weighted by atomic mass is 9.75. The van der Waals surface area contributed by atoms with Gasteiger partial charge in [0.15, 0.2) is 5.11 Å². The molecule has 1 saturated carbocycles. The molecule has 2 aliphatic heterocycles. The summed E-state index contributed by atoms with van der Waals surface area (Å²) in [6, 6.07) is 10.1. The highest BCUT2D eigenvalue weighted by Crippen LogP contribution is 2.49. The van der Waals surface area contributed by atoms with Crippen LogP contribution in [0.1, 0.15) is 36.0 Å². The van der Waals surface area contributed by atoms with Gasteiger partial charge in [0, 0.05) is 12.1 Å². The Morgan fingerprint density at radius 3 is 2.55 bits per heavy atom. The maximum Gasteiger partial charge on any atom is 0.417 e. The van der Waals surface area contributed by atoms with E-state index in [0.717, 1.165) is 29.0 Å². The van der Waals surface area contributed by atoms with Crippen LogP contribution in [0.3, 0.4) is 0 Å². The molecule has 6 nitrogen and oxygen atoms in total. The number of benzene rings is 2. The largest absolute Gasteiger partial charge is 0.487 e. The molecule has 1 spiro atoms. The minimum Gasteiger partial charge on any atom is -0.487 e. The van der Waals surface area contributed by atoms with Crippen molar-refractivity contribution >= 4 is 34.6 Å². The maximum absolute atomic E-state index is 13.5. The van der Waals surface area contributed by atoms with Crippen molar-refractivity contribution in [2.75, 3.05) is 16.4 Å². The molecule has 170 valence electrons. The van der Waals surface area contributed by atoms with Gasteiger partial charge in [-0.15, -0.1) is 0 Å². The molecule has 10 heteroatoms. The minimum atomic E-state index is -4.75. The Balaban J connectivity index is 1.57. The first-order chi connectivity index (χ1) is 15.7. The van der Waals surface area contributed by atoms with Crippen LogP contribution in [-0.4, -0.2) is 34.4 Å². The van der Waals surface area contributed by atoms with Gasteiger partial charge in [0.2, 0.25) is 0 Å². The predicted octanol–water partition coefficient (Wildman–Crippen LogP) is 3.93. The molecular weight excluding hydrogens is 455 g/mol. The smallest absolute Gasteiger partial charge is 0.417 e. The van der Waals surface area contributed by atoms with E-state index in [9.17, 15) is 23.1 Å². The quantitative estimate of drug-likeness (QED) is 0.681. The van der Waals surface area contributed by atoms with Gasteiger partial charge >= 0.3 is 6.18 Å². The first-order valence-corrected chi connectivity index (χ1v) is 10.8. The molecule has 0 bridgehead atoms. The number of nitrogens with zero attached hydrogens (tertiary/aromatic N) is 3. The van der Waals surface area contributed by atoms with Crippen molar-refractivity contribution < 1.29 is 27.8 Å². The van der Waals surface area contributed by atoms with Crippen molar-refractivity contribution in [1.29, 1.82) is 5.26 Å². The summed E-state index contributed by atoms with van der Waals surface area (Å²) in [4.78, 5) is 16.4. The summed E-state index contributed by atoms with van der Waals surface area (Å²) in [5.41, 5.74) is -1.07. The highest BCUT2D eigenvalue weighted by Gasteiger charge is 2.59. The van der Waals surface area contributed by atoms with E-state index in [1.807, 2.05) is 6.07 Å². The number of nitriles is 1. The number of hydrogen-bond donors (Lipinski definition) is 1. The van der Waals surface area contributed by atoms with Crippen LogP contribution in [0.15, 0.2) is 36.4 Å². The Morgan fingerprint density at radius 2 is 1.94 bits per heavy atom. The van der Waals surface area contributed by atoms with E-state index in [-0.39, 0.29) is 29.4 Å². The average Bonchev–Trinajstić information content (AvgIpc) is 3.27. The molecule has 2 aromatic rings. The fraction of sp³-hybridized carbons (Fsp3) is 0.348. The monoisotopic (exact) mass is 473 g/mol. The Hall–Kier alpha value is -3.16. The van der Waals surface area contributed by atoms with Crippen LogP contribution in [0.25, 0.3) is 0 Å². The van der Waals surface area contributed by atoms with Crippen molar-refractivity contribution in [3.63, 3.8) is 0 Å². The number of ether oxygens (including phenoxy) is 1. The molecule has 2 heterocycles. The number of hydrogen-bond acceptors (Lipinski definition) is 5. The van der Waals surface area contributed by atoms with Crippen molar-refractivity contribution in [2.45, 2.75) is 43.5 Å². The molecule has 1 atom stereocenters. The van der Waals surface area contributed by atoms with Crippen LogP contribution in [0, 0.1) is 11.3 Å². The Kier molecular flexibility index (Phi) is 4.88. The number of aliphatic hydroxyl groups is 1. The average molecular weight is 473 g/mol. The van der Waals surface area contributed by atoms with Gasteiger partial charge in [-0.25, -0.2) is 0 Å². The van der Waals surface area contributed by atoms with Crippen LogP contribution in [0.5, 0.6) is 5.75 Å². The maximum atomic E-state index is 13.5. The number of halogens is 3. The highest BCUT2D eigenvalue weighted by atomic mass is 32.1. The Labute approximate surface area is 192 Å². The van der Waals surface area contributed by atoms with E-state index in [4.69, 9.17) is 22.2 Å². The summed E-state index contributed by atoms with van der Waals surface area (Å²) < 4.78 is 46.2. The molecule has 1 N–H and O–H groups in total. The molecule has 1 saturated heterocycles. The second-order valence-electron chi connectivity index (χ2n) is 8.40. The molecule has 5 rings (SSSR count). The standard InChI is InChI=1S/C23H18F3N3O3S/c24-23(25,26)18-10-15(3-2-13(18)11-27)28-20(31)22(6-1-7-22)29(21(28)33)16-4-5-19-14(8-16)9-17(12-30)32-19/h2-5,8,10,17,30H,1,6-7,9,12H2. The fourth-order valence-electron chi connectivity index (χ4n) is 4.76. The number of carbonyl (C=O) groups is 1. The third-order valence-electron chi connectivity index (χ3n) is 6.53. The van der Waals surface area contributed by atoms with Crippen molar-refractivity contribution in [1.82, 2.24) is 0 Å². The highest BCUT2D eigenvalue weighted by molar-refractivity contribution is 7.81. The molecule has 1 unspecified atom stereocenters.